The number of sulfonamides is 1. The summed E-state index contributed by atoms with van der Waals surface area (Å²) in [5, 5.41) is 25.0. The number of aromatic carboxylic acids is 1. The average molecular weight is 547 g/mol. The van der Waals surface area contributed by atoms with E-state index in [1.807, 2.05) is 30.3 Å². The van der Waals surface area contributed by atoms with Crippen LogP contribution in [0.2, 0.25) is 0 Å². The summed E-state index contributed by atoms with van der Waals surface area (Å²) in [5.41, 5.74) is 3.22. The van der Waals surface area contributed by atoms with Gasteiger partial charge in [0.25, 0.3) is 15.7 Å². The second-order valence-corrected chi connectivity index (χ2v) is 9.79. The lowest BCUT2D eigenvalue weighted by molar-refractivity contribution is -0.384. The Morgan fingerprint density at radius 2 is 1.69 bits per heavy atom. The second kappa shape index (κ2) is 11.9. The van der Waals surface area contributed by atoms with Crippen molar-refractivity contribution in [2.45, 2.75) is 11.5 Å². The van der Waals surface area contributed by atoms with Crippen molar-refractivity contribution in [1.82, 2.24) is 0 Å². The number of nitro benzene ring substituents is 1. The van der Waals surface area contributed by atoms with Gasteiger partial charge in [0.1, 0.15) is 18.0 Å². The molecule has 0 spiro atoms. The smallest absolute Gasteiger partial charge is 0.337 e. The van der Waals surface area contributed by atoms with Gasteiger partial charge in [0.15, 0.2) is 0 Å². The fourth-order valence-electron chi connectivity index (χ4n) is 3.49. The summed E-state index contributed by atoms with van der Waals surface area (Å²) in [5.74, 6) is -0.717. The van der Waals surface area contributed by atoms with Crippen molar-refractivity contribution in [1.29, 1.82) is 0 Å². The molecule has 0 atom stereocenters. The van der Waals surface area contributed by atoms with Gasteiger partial charge in [-0.1, -0.05) is 54.6 Å². The molecule has 0 saturated carbocycles. The number of carbonyl (C=O) groups is 1. The first-order valence-corrected chi connectivity index (χ1v) is 12.9. The van der Waals surface area contributed by atoms with Crippen LogP contribution in [0, 0.1) is 10.1 Å². The summed E-state index contributed by atoms with van der Waals surface area (Å²) in [7, 11) is -4.33. The summed E-state index contributed by atoms with van der Waals surface area (Å²) in [4.78, 5) is 21.9. The molecule has 0 aromatic heterocycles. The molecule has 11 nitrogen and oxygen atoms in total. The van der Waals surface area contributed by atoms with Crippen molar-refractivity contribution in [2.75, 3.05) is 10.1 Å². The average Bonchev–Trinajstić information content (AvgIpc) is 2.92. The Morgan fingerprint density at radius 1 is 0.949 bits per heavy atom. The lowest BCUT2D eigenvalue weighted by atomic mass is 10.2. The van der Waals surface area contributed by atoms with Crippen molar-refractivity contribution in [3.63, 3.8) is 0 Å². The van der Waals surface area contributed by atoms with Crippen molar-refractivity contribution >= 4 is 39.3 Å². The molecule has 12 heteroatoms. The van der Waals surface area contributed by atoms with Crippen LogP contribution in [-0.2, 0) is 16.6 Å². The zero-order valence-corrected chi connectivity index (χ0v) is 21.0. The van der Waals surface area contributed by atoms with Gasteiger partial charge in [-0.15, -0.1) is 0 Å². The molecule has 0 fully saturated rings. The highest BCUT2D eigenvalue weighted by atomic mass is 32.2. The monoisotopic (exact) mass is 546 g/mol. The number of carboxylic acid groups (broad SMARTS) is 1. The van der Waals surface area contributed by atoms with Crippen LogP contribution in [-0.4, -0.2) is 30.6 Å². The summed E-state index contributed by atoms with van der Waals surface area (Å²) < 4.78 is 33.7. The molecular formula is C27H22N4O7S. The summed E-state index contributed by atoms with van der Waals surface area (Å²) in [6.45, 7) is 0.387. The van der Waals surface area contributed by atoms with Gasteiger partial charge in [-0.2, -0.15) is 5.10 Å². The molecule has 0 aliphatic rings. The molecule has 4 rings (SSSR count). The highest BCUT2D eigenvalue weighted by molar-refractivity contribution is 7.92. The zero-order valence-electron chi connectivity index (χ0n) is 20.2. The molecule has 0 saturated heterocycles. The number of benzene rings is 4. The molecule has 0 unspecified atom stereocenters. The lowest BCUT2D eigenvalue weighted by Crippen LogP contribution is -2.16. The quantitative estimate of drug-likeness (QED) is 0.133. The molecule has 39 heavy (non-hydrogen) atoms. The first-order chi connectivity index (χ1) is 18.7. The first-order valence-electron chi connectivity index (χ1n) is 11.4. The van der Waals surface area contributed by atoms with Gasteiger partial charge in [-0.3, -0.25) is 20.3 Å². The van der Waals surface area contributed by atoms with Crippen LogP contribution in [0.1, 0.15) is 21.5 Å². The number of hydrazone groups is 1. The molecule has 4 aromatic carbocycles. The van der Waals surface area contributed by atoms with Gasteiger partial charge in [-0.05, 0) is 47.5 Å². The number of nitro groups is 1. The first kappa shape index (κ1) is 26.8. The Labute approximate surface area is 223 Å². The minimum atomic E-state index is -4.33. The van der Waals surface area contributed by atoms with E-state index in [0.717, 1.165) is 17.7 Å². The number of nitrogens with zero attached hydrogens (tertiary/aromatic N) is 2. The molecule has 0 radical (unpaired) electrons. The molecule has 4 aromatic rings. The third-order valence-electron chi connectivity index (χ3n) is 5.38. The normalized spacial score (nSPS) is 11.2. The molecule has 0 bridgehead atoms. The number of hydrogen-bond acceptors (Lipinski definition) is 8. The minimum absolute atomic E-state index is 0.0439. The number of ether oxygens (including phenoxy) is 1. The predicted octanol–water partition coefficient (Wildman–Crippen LogP) is 5.12. The Hall–Kier alpha value is -5.23. The fourth-order valence-corrected chi connectivity index (χ4v) is 4.59. The van der Waals surface area contributed by atoms with Gasteiger partial charge < -0.3 is 9.84 Å². The van der Waals surface area contributed by atoms with E-state index in [0.29, 0.717) is 17.9 Å². The van der Waals surface area contributed by atoms with E-state index in [2.05, 4.69) is 15.2 Å². The molecule has 3 N–H and O–H groups in total. The van der Waals surface area contributed by atoms with Crippen LogP contribution in [0.4, 0.5) is 17.1 Å². The third kappa shape index (κ3) is 6.96. The number of para-hydroxylation sites is 1. The van der Waals surface area contributed by atoms with E-state index in [1.165, 1.54) is 36.5 Å². The van der Waals surface area contributed by atoms with E-state index >= 15 is 0 Å². The standard InChI is InChI=1S/C27H22N4O7S/c32-27(33)23-11-4-5-12-24(23)30-39(36,37)22-13-14-25(26(16-22)31(34)35)29-28-17-20-9-6-10-21(15-20)38-18-19-7-2-1-3-8-19/h1-17,29-30H,18H2,(H,32,33)/b28-17-. The van der Waals surface area contributed by atoms with Crippen LogP contribution in [0.25, 0.3) is 0 Å². The summed E-state index contributed by atoms with van der Waals surface area (Å²) >= 11 is 0. The van der Waals surface area contributed by atoms with Gasteiger partial charge in [0.2, 0.25) is 0 Å². The highest BCUT2D eigenvalue weighted by Crippen LogP contribution is 2.29. The Bertz CT molecular complexity index is 1640. The summed E-state index contributed by atoms with van der Waals surface area (Å²) in [6, 6.07) is 25.4. The maximum absolute atomic E-state index is 12.8. The molecule has 0 aliphatic carbocycles. The van der Waals surface area contributed by atoms with Gasteiger partial charge in [0.05, 0.1) is 27.3 Å². The Balaban J connectivity index is 1.48. The molecule has 198 valence electrons. The Kier molecular flexibility index (Phi) is 8.17. The van der Waals surface area contributed by atoms with Gasteiger partial charge in [-0.25, -0.2) is 13.2 Å². The minimum Gasteiger partial charge on any atom is -0.489 e. The van der Waals surface area contributed by atoms with Gasteiger partial charge >= 0.3 is 5.97 Å². The van der Waals surface area contributed by atoms with Crippen LogP contribution in [0.15, 0.2) is 107 Å². The van der Waals surface area contributed by atoms with Crippen LogP contribution >= 0.6 is 0 Å². The van der Waals surface area contributed by atoms with Crippen LogP contribution in [0.3, 0.4) is 0 Å². The van der Waals surface area contributed by atoms with Crippen LogP contribution in [0.5, 0.6) is 5.75 Å². The van der Waals surface area contributed by atoms with Crippen molar-refractivity contribution < 1.29 is 28.0 Å². The van der Waals surface area contributed by atoms with E-state index in [-0.39, 0.29) is 16.9 Å². The maximum atomic E-state index is 12.8. The molecule has 0 aliphatic heterocycles. The maximum Gasteiger partial charge on any atom is 0.337 e. The van der Waals surface area contributed by atoms with Crippen LogP contribution < -0.4 is 14.9 Å². The van der Waals surface area contributed by atoms with E-state index < -0.39 is 31.5 Å². The SMILES string of the molecule is O=C(O)c1ccccc1NS(=O)(=O)c1ccc(N/N=C\c2cccc(OCc3ccccc3)c2)c([N+](=O)[O-])c1. The predicted molar refractivity (Wildman–Crippen MR) is 146 cm³/mol. The van der Waals surface area contributed by atoms with E-state index in [4.69, 9.17) is 4.74 Å². The molecular weight excluding hydrogens is 524 g/mol. The second-order valence-electron chi connectivity index (χ2n) is 8.11. The topological polar surface area (TPSA) is 160 Å². The van der Waals surface area contributed by atoms with Crippen molar-refractivity contribution in [2.24, 2.45) is 5.10 Å². The molecule has 0 heterocycles. The van der Waals surface area contributed by atoms with Crippen molar-refractivity contribution in [3.8, 4) is 5.75 Å². The fraction of sp³-hybridized carbons (Fsp3) is 0.0370. The Morgan fingerprint density at radius 3 is 2.44 bits per heavy atom. The summed E-state index contributed by atoms with van der Waals surface area (Å²) in [6.07, 6.45) is 1.44. The number of hydrogen-bond donors (Lipinski definition) is 3. The number of anilines is 2. The highest BCUT2D eigenvalue weighted by Gasteiger charge is 2.23. The van der Waals surface area contributed by atoms with Gasteiger partial charge in [0, 0.05) is 6.07 Å². The number of nitrogens with one attached hydrogen (secondary N) is 2. The lowest BCUT2D eigenvalue weighted by Gasteiger charge is -2.11. The largest absolute Gasteiger partial charge is 0.489 e. The number of rotatable bonds is 11. The third-order valence-corrected chi connectivity index (χ3v) is 6.75. The zero-order chi connectivity index (χ0) is 27.8. The van der Waals surface area contributed by atoms with E-state index in [9.17, 15) is 28.4 Å². The van der Waals surface area contributed by atoms with Crippen molar-refractivity contribution in [3.05, 3.63) is 124 Å². The molecule has 0 amide bonds. The number of carboxylic acids is 1. The van der Waals surface area contributed by atoms with E-state index in [1.54, 1.807) is 24.3 Å².